The van der Waals surface area contributed by atoms with E-state index >= 15 is 0 Å². The quantitative estimate of drug-likeness (QED) is 0.258. The van der Waals surface area contributed by atoms with Gasteiger partial charge in [-0.1, -0.05) is 30.3 Å². The molecule has 6 nitrogen and oxygen atoms in total. The molecule has 0 aliphatic rings. The van der Waals surface area contributed by atoms with E-state index < -0.39 is 11.8 Å². The topological polar surface area (TPSA) is 85.4 Å². The van der Waals surface area contributed by atoms with Gasteiger partial charge in [-0.25, -0.2) is 14.2 Å². The van der Waals surface area contributed by atoms with Crippen molar-refractivity contribution < 1.29 is 23.1 Å². The number of nitrogens with zero attached hydrogens (tertiary/aromatic N) is 2. The summed E-state index contributed by atoms with van der Waals surface area (Å²) in [5.41, 5.74) is 4.78. The molecule has 5 aromatic rings. The minimum Gasteiger partial charge on any atom is -0.489 e. The molecule has 0 atom stereocenters. The standard InChI is InChI=1S/C29H19FN2O4/c1-34-29(33)26-5-3-2-4-24(26)20-11-21(30)13-23(12-20)36-16-18-6-7-25-27(19-8-9-35-17-19)14-22(15-31)32-28(25)10-18/h2-14,17H,16H2,1H3. The molecule has 36 heavy (non-hydrogen) atoms. The van der Waals surface area contributed by atoms with Gasteiger partial charge < -0.3 is 13.9 Å². The van der Waals surface area contributed by atoms with Gasteiger partial charge in [0.2, 0.25) is 0 Å². The lowest BCUT2D eigenvalue weighted by molar-refractivity contribution is 0.0601. The smallest absolute Gasteiger partial charge is 0.338 e. The Kier molecular flexibility index (Phi) is 6.16. The average Bonchev–Trinajstić information content (AvgIpc) is 3.45. The fraction of sp³-hybridized carbons (Fsp3) is 0.0690. The number of pyridine rings is 1. The number of carbonyl (C=O) groups excluding carboxylic acids is 1. The summed E-state index contributed by atoms with van der Waals surface area (Å²) in [5.74, 6) is -0.694. The number of carbonyl (C=O) groups is 1. The Hall–Kier alpha value is -4.96. The van der Waals surface area contributed by atoms with E-state index in [0.29, 0.717) is 28.0 Å². The molecule has 2 heterocycles. The number of halogens is 1. The van der Waals surface area contributed by atoms with E-state index in [1.54, 1.807) is 48.9 Å². The second kappa shape index (κ2) is 9.72. The molecule has 0 amide bonds. The predicted octanol–water partition coefficient (Wildman–Crippen LogP) is 6.54. The van der Waals surface area contributed by atoms with Crippen LogP contribution < -0.4 is 4.74 Å². The largest absolute Gasteiger partial charge is 0.489 e. The second-order valence-corrected chi connectivity index (χ2v) is 8.03. The molecule has 0 N–H and O–H groups in total. The van der Waals surface area contributed by atoms with Crippen molar-refractivity contribution in [2.24, 2.45) is 0 Å². The molecule has 0 saturated carbocycles. The molecule has 0 spiro atoms. The first-order chi connectivity index (χ1) is 17.6. The van der Waals surface area contributed by atoms with Crippen LogP contribution >= 0.6 is 0 Å². The van der Waals surface area contributed by atoms with E-state index in [1.807, 2.05) is 24.3 Å². The highest BCUT2D eigenvalue weighted by molar-refractivity contribution is 5.97. The minimum absolute atomic E-state index is 0.150. The molecule has 2 aromatic heterocycles. The highest BCUT2D eigenvalue weighted by atomic mass is 19.1. The molecule has 5 rings (SSSR count). The number of nitriles is 1. The van der Waals surface area contributed by atoms with Crippen LogP contribution in [0.2, 0.25) is 0 Å². The van der Waals surface area contributed by atoms with Crippen molar-refractivity contribution in [1.82, 2.24) is 4.98 Å². The maximum Gasteiger partial charge on any atom is 0.338 e. The fourth-order valence-corrected chi connectivity index (χ4v) is 4.07. The number of rotatable bonds is 6. The van der Waals surface area contributed by atoms with Gasteiger partial charge >= 0.3 is 5.97 Å². The van der Waals surface area contributed by atoms with Crippen molar-refractivity contribution in [3.8, 4) is 34.1 Å². The van der Waals surface area contributed by atoms with Crippen LogP contribution in [-0.4, -0.2) is 18.1 Å². The Labute approximate surface area is 206 Å². The molecule has 0 unspecified atom stereocenters. The normalized spacial score (nSPS) is 10.7. The van der Waals surface area contributed by atoms with Crippen LogP contribution in [0.15, 0.2) is 89.7 Å². The maximum absolute atomic E-state index is 14.5. The third-order valence-electron chi connectivity index (χ3n) is 5.74. The fourth-order valence-electron chi connectivity index (χ4n) is 4.07. The monoisotopic (exact) mass is 478 g/mol. The number of benzene rings is 3. The molecule has 3 aromatic carbocycles. The number of furan rings is 1. The first kappa shape index (κ1) is 22.8. The summed E-state index contributed by atoms with van der Waals surface area (Å²) in [6.07, 6.45) is 3.19. The van der Waals surface area contributed by atoms with E-state index in [-0.39, 0.29) is 12.3 Å². The van der Waals surface area contributed by atoms with E-state index in [1.165, 1.54) is 19.2 Å². The van der Waals surface area contributed by atoms with Crippen molar-refractivity contribution in [2.45, 2.75) is 6.61 Å². The SMILES string of the molecule is COC(=O)c1ccccc1-c1cc(F)cc(OCc2ccc3c(-c4ccoc4)cc(C#N)nc3c2)c1. The van der Waals surface area contributed by atoms with Crippen LogP contribution in [0.4, 0.5) is 4.39 Å². The highest BCUT2D eigenvalue weighted by Gasteiger charge is 2.15. The van der Waals surface area contributed by atoms with Crippen molar-refractivity contribution in [3.05, 3.63) is 108 Å². The van der Waals surface area contributed by atoms with Gasteiger partial charge in [-0.15, -0.1) is 0 Å². The Morgan fingerprint density at radius 3 is 2.67 bits per heavy atom. The zero-order chi connectivity index (χ0) is 25.1. The summed E-state index contributed by atoms with van der Waals surface area (Å²) in [4.78, 5) is 16.6. The molecular weight excluding hydrogens is 459 g/mol. The minimum atomic E-state index is -0.507. The number of hydrogen-bond donors (Lipinski definition) is 0. The number of esters is 1. The number of hydrogen-bond acceptors (Lipinski definition) is 6. The van der Waals surface area contributed by atoms with Crippen molar-refractivity contribution in [1.29, 1.82) is 5.26 Å². The van der Waals surface area contributed by atoms with Gasteiger partial charge in [0.05, 0.1) is 30.7 Å². The lowest BCUT2D eigenvalue weighted by Gasteiger charge is -2.12. The maximum atomic E-state index is 14.5. The molecular formula is C29H19FN2O4. The van der Waals surface area contributed by atoms with E-state index in [0.717, 1.165) is 22.1 Å². The van der Waals surface area contributed by atoms with Crippen LogP contribution in [0.25, 0.3) is 33.2 Å². The Morgan fingerprint density at radius 1 is 1.03 bits per heavy atom. The predicted molar refractivity (Wildman–Crippen MR) is 132 cm³/mol. The molecule has 0 radical (unpaired) electrons. The molecule has 0 bridgehead atoms. The van der Waals surface area contributed by atoms with Gasteiger partial charge in [-0.3, -0.25) is 0 Å². The number of aromatic nitrogens is 1. The summed E-state index contributed by atoms with van der Waals surface area (Å²) < 4.78 is 30.4. The second-order valence-electron chi connectivity index (χ2n) is 8.03. The highest BCUT2D eigenvalue weighted by Crippen LogP contribution is 2.31. The Morgan fingerprint density at radius 2 is 1.89 bits per heavy atom. The molecule has 176 valence electrons. The van der Waals surface area contributed by atoms with Crippen LogP contribution in [0.5, 0.6) is 5.75 Å². The van der Waals surface area contributed by atoms with Gasteiger partial charge in [-0.2, -0.15) is 5.26 Å². The average molecular weight is 478 g/mol. The van der Waals surface area contributed by atoms with Gasteiger partial charge in [0.1, 0.15) is 29.9 Å². The zero-order valence-electron chi connectivity index (χ0n) is 19.2. The zero-order valence-corrected chi connectivity index (χ0v) is 19.2. The lowest BCUT2D eigenvalue weighted by atomic mass is 9.99. The first-order valence-corrected chi connectivity index (χ1v) is 11.0. The van der Waals surface area contributed by atoms with Crippen molar-refractivity contribution in [3.63, 3.8) is 0 Å². The van der Waals surface area contributed by atoms with Gasteiger partial charge in [-0.05, 0) is 58.7 Å². The van der Waals surface area contributed by atoms with Gasteiger partial charge in [0.15, 0.2) is 0 Å². The molecule has 7 heteroatoms. The summed E-state index contributed by atoms with van der Waals surface area (Å²) in [6, 6.07) is 22.4. The Bertz CT molecular complexity index is 1620. The van der Waals surface area contributed by atoms with Crippen molar-refractivity contribution in [2.75, 3.05) is 7.11 Å². The number of methoxy groups -OCH3 is 1. The molecule has 0 aliphatic carbocycles. The van der Waals surface area contributed by atoms with Gasteiger partial charge in [0.25, 0.3) is 0 Å². The number of ether oxygens (including phenoxy) is 2. The van der Waals surface area contributed by atoms with E-state index in [9.17, 15) is 14.4 Å². The van der Waals surface area contributed by atoms with Crippen LogP contribution in [0.3, 0.4) is 0 Å². The third kappa shape index (κ3) is 4.52. The summed E-state index contributed by atoms with van der Waals surface area (Å²) in [7, 11) is 1.30. The molecule has 0 saturated heterocycles. The Balaban J connectivity index is 1.45. The summed E-state index contributed by atoms with van der Waals surface area (Å²) in [6.45, 7) is 0.150. The number of fused-ring (bicyclic) bond motifs is 1. The van der Waals surface area contributed by atoms with Crippen LogP contribution in [0.1, 0.15) is 21.6 Å². The summed E-state index contributed by atoms with van der Waals surface area (Å²) in [5, 5.41) is 10.3. The van der Waals surface area contributed by atoms with Crippen molar-refractivity contribution >= 4 is 16.9 Å². The first-order valence-electron chi connectivity index (χ1n) is 11.0. The van der Waals surface area contributed by atoms with Crippen LogP contribution in [-0.2, 0) is 11.3 Å². The van der Waals surface area contributed by atoms with Gasteiger partial charge in [0, 0.05) is 17.0 Å². The van der Waals surface area contributed by atoms with Crippen LogP contribution in [0, 0.1) is 17.1 Å². The lowest BCUT2D eigenvalue weighted by Crippen LogP contribution is -2.03. The summed E-state index contributed by atoms with van der Waals surface area (Å²) >= 11 is 0. The molecule has 0 fully saturated rings. The third-order valence-corrected chi connectivity index (χ3v) is 5.74. The molecule has 0 aliphatic heterocycles. The van der Waals surface area contributed by atoms with E-state index in [2.05, 4.69) is 11.1 Å². The van der Waals surface area contributed by atoms with E-state index in [4.69, 9.17) is 13.9 Å².